The zero-order chi connectivity index (χ0) is 21.0. The zero-order valence-electron chi connectivity index (χ0n) is 16.2. The van der Waals surface area contributed by atoms with Crippen molar-refractivity contribution in [3.63, 3.8) is 0 Å². The number of hydrogen-bond donors (Lipinski definition) is 1. The Morgan fingerprint density at radius 3 is 2.66 bits per heavy atom. The number of fused-ring (bicyclic) bond motifs is 1. The van der Waals surface area contributed by atoms with Crippen molar-refractivity contribution in [2.45, 2.75) is 33.1 Å². The molecule has 0 aromatic carbocycles. The summed E-state index contributed by atoms with van der Waals surface area (Å²) in [4.78, 5) is 51.2. The maximum Gasteiger partial charge on any atom is 0.341 e. The average molecular weight is 439 g/mol. The lowest BCUT2D eigenvalue weighted by molar-refractivity contribution is -0.137. The van der Waals surface area contributed by atoms with Gasteiger partial charge in [-0.2, -0.15) is 0 Å². The molecule has 2 aliphatic rings. The summed E-state index contributed by atoms with van der Waals surface area (Å²) >= 11 is 2.56. The molecule has 1 aromatic rings. The Kier molecular flexibility index (Phi) is 6.96. The van der Waals surface area contributed by atoms with E-state index in [1.54, 1.807) is 13.8 Å². The minimum absolute atomic E-state index is 0.153. The normalized spacial score (nSPS) is 16.8. The lowest BCUT2D eigenvalue weighted by Crippen LogP contribution is -2.34. The number of thiophene rings is 1. The van der Waals surface area contributed by atoms with Crippen LogP contribution < -0.4 is 5.32 Å². The van der Waals surface area contributed by atoms with Crippen LogP contribution in [0, 0.1) is 0 Å². The van der Waals surface area contributed by atoms with Crippen LogP contribution >= 0.6 is 23.1 Å². The molecule has 10 heteroatoms. The van der Waals surface area contributed by atoms with E-state index in [1.807, 2.05) is 0 Å². The monoisotopic (exact) mass is 438 g/mol. The van der Waals surface area contributed by atoms with Crippen molar-refractivity contribution < 1.29 is 28.7 Å². The number of nitrogens with one attached hydrogen (secondary N) is 1. The summed E-state index contributed by atoms with van der Waals surface area (Å²) in [6.07, 6.45) is 3.85. The summed E-state index contributed by atoms with van der Waals surface area (Å²) in [5, 5.41) is 3.59. The SMILES string of the molecule is CCOC(=O)/C=C1/SCC(=O)N1CC(=O)Nc1sc2c(c1C(=O)OCC)CCC2. The molecule has 1 fully saturated rings. The molecule has 0 saturated carbocycles. The van der Waals surface area contributed by atoms with Gasteiger partial charge in [-0.15, -0.1) is 11.3 Å². The van der Waals surface area contributed by atoms with E-state index in [0.29, 0.717) is 15.6 Å². The van der Waals surface area contributed by atoms with Crippen LogP contribution in [0.5, 0.6) is 0 Å². The van der Waals surface area contributed by atoms with Crippen LogP contribution in [-0.4, -0.2) is 54.2 Å². The molecule has 8 nitrogen and oxygen atoms in total. The molecule has 0 radical (unpaired) electrons. The number of anilines is 1. The number of hydrogen-bond acceptors (Lipinski definition) is 8. The third-order valence-corrected chi connectivity index (χ3v) is 6.63. The van der Waals surface area contributed by atoms with Gasteiger partial charge in [0.05, 0.1) is 35.6 Å². The lowest BCUT2D eigenvalue weighted by atomic mass is 10.1. The molecule has 1 N–H and O–H groups in total. The van der Waals surface area contributed by atoms with Crippen molar-refractivity contribution in [1.82, 2.24) is 4.90 Å². The van der Waals surface area contributed by atoms with Crippen LogP contribution in [-0.2, 0) is 36.7 Å². The van der Waals surface area contributed by atoms with Crippen LogP contribution in [0.15, 0.2) is 11.1 Å². The predicted molar refractivity (Wildman–Crippen MR) is 110 cm³/mol. The maximum atomic E-state index is 12.6. The molecule has 2 heterocycles. The molecule has 156 valence electrons. The van der Waals surface area contributed by atoms with E-state index in [-0.39, 0.29) is 31.4 Å². The second kappa shape index (κ2) is 9.45. The Hall–Kier alpha value is -2.33. The first-order chi connectivity index (χ1) is 13.9. The number of carbonyl (C=O) groups is 4. The molecule has 0 unspecified atom stereocenters. The lowest BCUT2D eigenvalue weighted by Gasteiger charge is -2.16. The predicted octanol–water partition coefficient (Wildman–Crippen LogP) is 2.33. The molecule has 1 aliphatic heterocycles. The van der Waals surface area contributed by atoms with Crippen molar-refractivity contribution in [1.29, 1.82) is 0 Å². The molecule has 0 spiro atoms. The van der Waals surface area contributed by atoms with Crippen molar-refractivity contribution in [2.24, 2.45) is 0 Å². The summed E-state index contributed by atoms with van der Waals surface area (Å²) in [6, 6.07) is 0. The largest absolute Gasteiger partial charge is 0.463 e. The molecule has 1 aliphatic carbocycles. The maximum absolute atomic E-state index is 12.6. The molecule has 1 saturated heterocycles. The van der Waals surface area contributed by atoms with E-state index in [4.69, 9.17) is 9.47 Å². The number of carbonyl (C=O) groups excluding carboxylic acids is 4. The average Bonchev–Trinajstić information content (AvgIpc) is 3.32. The molecular formula is C19H22N2O6S2. The van der Waals surface area contributed by atoms with Crippen molar-refractivity contribution in [3.05, 3.63) is 27.1 Å². The number of aryl methyl sites for hydroxylation is 1. The highest BCUT2D eigenvalue weighted by Crippen LogP contribution is 2.39. The van der Waals surface area contributed by atoms with Gasteiger partial charge in [0, 0.05) is 4.88 Å². The number of rotatable bonds is 7. The number of esters is 2. The van der Waals surface area contributed by atoms with Gasteiger partial charge in [0.25, 0.3) is 0 Å². The van der Waals surface area contributed by atoms with Gasteiger partial charge in [-0.1, -0.05) is 11.8 Å². The van der Waals surface area contributed by atoms with E-state index in [2.05, 4.69) is 5.32 Å². The fraction of sp³-hybridized carbons (Fsp3) is 0.474. The summed E-state index contributed by atoms with van der Waals surface area (Å²) in [7, 11) is 0. The molecule has 0 bridgehead atoms. The first kappa shape index (κ1) is 21.4. The third-order valence-electron chi connectivity index (χ3n) is 4.39. The first-order valence-corrected chi connectivity index (χ1v) is 11.2. The Morgan fingerprint density at radius 1 is 1.17 bits per heavy atom. The van der Waals surface area contributed by atoms with Crippen molar-refractivity contribution in [2.75, 3.05) is 30.8 Å². The number of ether oxygens (including phenoxy) is 2. The van der Waals surface area contributed by atoms with Crippen LogP contribution in [0.4, 0.5) is 5.00 Å². The quantitative estimate of drug-likeness (QED) is 0.515. The highest BCUT2D eigenvalue weighted by Gasteiger charge is 2.31. The Labute approximate surface area is 176 Å². The zero-order valence-corrected chi connectivity index (χ0v) is 17.9. The van der Waals surface area contributed by atoms with Gasteiger partial charge in [-0.05, 0) is 38.7 Å². The highest BCUT2D eigenvalue weighted by atomic mass is 32.2. The van der Waals surface area contributed by atoms with Crippen LogP contribution in [0.25, 0.3) is 0 Å². The number of thioether (sulfide) groups is 1. The van der Waals surface area contributed by atoms with E-state index >= 15 is 0 Å². The van der Waals surface area contributed by atoms with Gasteiger partial charge in [0.1, 0.15) is 11.5 Å². The molecule has 2 amide bonds. The highest BCUT2D eigenvalue weighted by molar-refractivity contribution is 8.04. The summed E-state index contributed by atoms with van der Waals surface area (Å²) < 4.78 is 10.0. The topological polar surface area (TPSA) is 102 Å². The minimum atomic E-state index is -0.561. The Balaban J connectivity index is 1.74. The van der Waals surface area contributed by atoms with Crippen LogP contribution in [0.1, 0.15) is 41.1 Å². The Morgan fingerprint density at radius 2 is 1.93 bits per heavy atom. The summed E-state index contributed by atoms with van der Waals surface area (Å²) in [6.45, 7) is 3.65. The summed E-state index contributed by atoms with van der Waals surface area (Å²) in [5.41, 5.74) is 1.36. The smallest absolute Gasteiger partial charge is 0.341 e. The standard InChI is InChI=1S/C19H22N2O6S2/c1-3-26-16(24)8-15-21(14(23)10-28-15)9-13(22)20-18-17(19(25)27-4-2)11-6-5-7-12(11)29-18/h8H,3-7,9-10H2,1-2H3,(H,20,22)/b15-8+. The van der Waals surface area contributed by atoms with E-state index in [0.717, 1.165) is 29.7 Å². The molecular weight excluding hydrogens is 416 g/mol. The fourth-order valence-electron chi connectivity index (χ4n) is 3.21. The second-order valence-corrected chi connectivity index (χ2v) is 8.43. The van der Waals surface area contributed by atoms with Gasteiger partial charge in [0.15, 0.2) is 0 Å². The van der Waals surface area contributed by atoms with Crippen LogP contribution in [0.2, 0.25) is 0 Å². The molecule has 3 rings (SSSR count). The van der Waals surface area contributed by atoms with E-state index in [9.17, 15) is 19.2 Å². The van der Waals surface area contributed by atoms with Gasteiger partial charge < -0.3 is 14.8 Å². The van der Waals surface area contributed by atoms with E-state index < -0.39 is 17.8 Å². The van der Waals surface area contributed by atoms with Crippen molar-refractivity contribution >= 4 is 51.9 Å². The second-order valence-electron chi connectivity index (χ2n) is 6.33. The third kappa shape index (κ3) is 4.81. The molecule has 29 heavy (non-hydrogen) atoms. The molecule has 1 aromatic heterocycles. The fourth-order valence-corrected chi connectivity index (χ4v) is 5.43. The van der Waals surface area contributed by atoms with Gasteiger partial charge in [0.2, 0.25) is 11.8 Å². The first-order valence-electron chi connectivity index (χ1n) is 9.37. The summed E-state index contributed by atoms with van der Waals surface area (Å²) in [5.74, 6) is -1.56. The van der Waals surface area contributed by atoms with Gasteiger partial charge in [-0.3, -0.25) is 14.5 Å². The number of amides is 2. The van der Waals surface area contributed by atoms with Crippen molar-refractivity contribution in [3.8, 4) is 0 Å². The van der Waals surface area contributed by atoms with E-state index in [1.165, 1.54) is 34.1 Å². The Bertz CT molecular complexity index is 876. The molecule has 0 atom stereocenters. The minimum Gasteiger partial charge on any atom is -0.463 e. The van der Waals surface area contributed by atoms with Gasteiger partial charge >= 0.3 is 11.9 Å². The number of nitrogens with zero attached hydrogens (tertiary/aromatic N) is 1. The van der Waals surface area contributed by atoms with Crippen LogP contribution in [0.3, 0.4) is 0 Å². The van der Waals surface area contributed by atoms with Gasteiger partial charge in [-0.25, -0.2) is 9.59 Å².